The second-order valence-electron chi connectivity index (χ2n) is 8.51. The molecule has 6 heteroatoms. The van der Waals surface area contributed by atoms with Gasteiger partial charge in [0.1, 0.15) is 22.8 Å². The van der Waals surface area contributed by atoms with Gasteiger partial charge in [-0.25, -0.2) is 0 Å². The second-order valence-corrected chi connectivity index (χ2v) is 8.51. The normalized spacial score (nSPS) is 13.4. The van der Waals surface area contributed by atoms with Gasteiger partial charge in [0.25, 0.3) is 5.91 Å². The lowest BCUT2D eigenvalue weighted by atomic mass is 9.86. The highest BCUT2D eigenvalue weighted by Crippen LogP contribution is 2.49. The average Bonchev–Trinajstić information content (AvgIpc) is 3.26. The van der Waals surface area contributed by atoms with Crippen molar-refractivity contribution < 1.29 is 14.3 Å². The first-order chi connectivity index (χ1) is 16.0. The molecule has 0 saturated carbocycles. The van der Waals surface area contributed by atoms with Crippen LogP contribution in [0.2, 0.25) is 0 Å². The van der Waals surface area contributed by atoms with Gasteiger partial charge in [0.15, 0.2) is 0 Å². The monoisotopic (exact) mass is 439 g/mol. The van der Waals surface area contributed by atoms with Crippen molar-refractivity contribution in [1.82, 2.24) is 15.3 Å². The summed E-state index contributed by atoms with van der Waals surface area (Å²) in [6, 6.07) is 19.5. The molecule has 1 aliphatic heterocycles. The van der Waals surface area contributed by atoms with E-state index in [-0.39, 0.29) is 5.91 Å². The standard InChI is InChI=1S/C27H25N3O3/c1-27(2)23-22(18-7-5-4-6-8-18)25(30-24(23)20-13-14-28-16-21(20)33-27)26(31)29-15-17-9-11-19(32-3)12-10-17/h4-14,16,30H,15H2,1-3H3,(H,29,31). The number of nitrogens with one attached hydrogen (secondary N) is 2. The van der Waals surface area contributed by atoms with Crippen molar-refractivity contribution in [3.05, 3.63) is 89.9 Å². The van der Waals surface area contributed by atoms with Crippen molar-refractivity contribution in [2.24, 2.45) is 0 Å². The minimum absolute atomic E-state index is 0.175. The number of aromatic amines is 1. The van der Waals surface area contributed by atoms with Crippen LogP contribution in [0.3, 0.4) is 0 Å². The number of carbonyl (C=O) groups excluding carboxylic acids is 1. The SMILES string of the molecule is COc1ccc(CNC(=O)c2[nH]c3c(c2-c2ccccc2)C(C)(C)Oc2cnccc2-3)cc1. The van der Waals surface area contributed by atoms with Crippen LogP contribution in [0, 0.1) is 0 Å². The van der Waals surface area contributed by atoms with E-state index >= 15 is 0 Å². The fourth-order valence-electron chi connectivity index (χ4n) is 4.38. The zero-order chi connectivity index (χ0) is 23.0. The second kappa shape index (κ2) is 8.13. The Morgan fingerprint density at radius 1 is 1.09 bits per heavy atom. The molecule has 0 fully saturated rings. The van der Waals surface area contributed by atoms with Crippen molar-refractivity contribution in [3.63, 3.8) is 0 Å². The molecule has 2 N–H and O–H groups in total. The van der Waals surface area contributed by atoms with Crippen LogP contribution in [0.5, 0.6) is 11.5 Å². The Balaban J connectivity index is 1.59. The molecular formula is C27H25N3O3. The maximum atomic E-state index is 13.5. The fourth-order valence-corrected chi connectivity index (χ4v) is 4.38. The number of amides is 1. The lowest BCUT2D eigenvalue weighted by Gasteiger charge is -2.33. The fraction of sp³-hybridized carbons (Fsp3) is 0.185. The van der Waals surface area contributed by atoms with Gasteiger partial charge in [-0.2, -0.15) is 0 Å². The molecule has 1 aliphatic rings. The molecule has 2 aromatic carbocycles. The van der Waals surface area contributed by atoms with E-state index in [9.17, 15) is 4.79 Å². The van der Waals surface area contributed by atoms with Crippen LogP contribution in [0.1, 0.15) is 35.5 Å². The molecule has 0 bridgehead atoms. The minimum atomic E-state index is -0.651. The van der Waals surface area contributed by atoms with E-state index in [1.807, 2.05) is 74.5 Å². The first kappa shape index (κ1) is 20.8. The zero-order valence-electron chi connectivity index (χ0n) is 18.8. The van der Waals surface area contributed by atoms with Crippen LogP contribution in [0.15, 0.2) is 73.1 Å². The van der Waals surface area contributed by atoms with Gasteiger partial charge in [0.05, 0.1) is 19.0 Å². The van der Waals surface area contributed by atoms with Crippen LogP contribution in [0.25, 0.3) is 22.4 Å². The molecule has 0 unspecified atom stereocenters. The minimum Gasteiger partial charge on any atom is -0.497 e. The predicted molar refractivity (Wildman–Crippen MR) is 127 cm³/mol. The maximum absolute atomic E-state index is 13.5. The topological polar surface area (TPSA) is 76.2 Å². The molecule has 0 aliphatic carbocycles. The Morgan fingerprint density at radius 3 is 2.58 bits per heavy atom. The molecule has 0 radical (unpaired) electrons. The molecule has 1 amide bonds. The molecule has 4 aromatic rings. The van der Waals surface area contributed by atoms with E-state index in [4.69, 9.17) is 9.47 Å². The molecule has 3 heterocycles. The summed E-state index contributed by atoms with van der Waals surface area (Å²) in [5, 5.41) is 3.06. The molecule has 2 aromatic heterocycles. The van der Waals surface area contributed by atoms with E-state index in [0.29, 0.717) is 18.0 Å². The Bertz CT molecular complexity index is 1310. The number of hydrogen-bond acceptors (Lipinski definition) is 4. The summed E-state index contributed by atoms with van der Waals surface area (Å²) in [6.45, 7) is 4.43. The molecular weight excluding hydrogens is 414 g/mol. The highest BCUT2D eigenvalue weighted by Gasteiger charge is 2.39. The number of H-pyrrole nitrogens is 1. The molecule has 0 spiro atoms. The number of fused-ring (bicyclic) bond motifs is 3. The summed E-state index contributed by atoms with van der Waals surface area (Å²) in [5.74, 6) is 1.30. The third-order valence-electron chi connectivity index (χ3n) is 5.92. The van der Waals surface area contributed by atoms with Crippen molar-refractivity contribution in [3.8, 4) is 33.9 Å². The summed E-state index contributed by atoms with van der Waals surface area (Å²) in [4.78, 5) is 21.1. The zero-order valence-corrected chi connectivity index (χ0v) is 18.8. The highest BCUT2D eigenvalue weighted by atomic mass is 16.5. The van der Waals surface area contributed by atoms with Gasteiger partial charge >= 0.3 is 0 Å². The Labute approximate surface area is 192 Å². The molecule has 166 valence electrons. The van der Waals surface area contributed by atoms with Crippen LogP contribution in [-0.2, 0) is 12.1 Å². The quantitative estimate of drug-likeness (QED) is 0.442. The van der Waals surface area contributed by atoms with Crippen LogP contribution in [0.4, 0.5) is 0 Å². The van der Waals surface area contributed by atoms with E-state index in [1.54, 1.807) is 19.5 Å². The number of benzene rings is 2. The lowest BCUT2D eigenvalue weighted by molar-refractivity contribution is 0.0947. The van der Waals surface area contributed by atoms with Crippen LogP contribution >= 0.6 is 0 Å². The Hall–Kier alpha value is -4.06. The third-order valence-corrected chi connectivity index (χ3v) is 5.92. The summed E-state index contributed by atoms with van der Waals surface area (Å²) in [7, 11) is 1.63. The predicted octanol–water partition coefficient (Wildman–Crippen LogP) is 5.31. The van der Waals surface area contributed by atoms with E-state index in [1.165, 1.54) is 0 Å². The third kappa shape index (κ3) is 3.74. The van der Waals surface area contributed by atoms with Crippen molar-refractivity contribution in [2.45, 2.75) is 26.0 Å². The van der Waals surface area contributed by atoms with E-state index in [0.717, 1.165) is 39.3 Å². The number of carbonyl (C=O) groups is 1. The van der Waals surface area contributed by atoms with Crippen LogP contribution < -0.4 is 14.8 Å². The van der Waals surface area contributed by atoms with Gasteiger partial charge in [0, 0.05) is 29.4 Å². The number of hydrogen-bond donors (Lipinski definition) is 2. The van der Waals surface area contributed by atoms with Gasteiger partial charge in [-0.3, -0.25) is 9.78 Å². The number of aromatic nitrogens is 2. The molecule has 5 rings (SSSR count). The molecule has 0 saturated heterocycles. The average molecular weight is 440 g/mol. The summed E-state index contributed by atoms with van der Waals surface area (Å²) < 4.78 is 11.5. The van der Waals surface area contributed by atoms with Gasteiger partial charge in [-0.15, -0.1) is 0 Å². The first-order valence-electron chi connectivity index (χ1n) is 10.8. The number of rotatable bonds is 5. The van der Waals surface area contributed by atoms with Crippen molar-refractivity contribution in [2.75, 3.05) is 7.11 Å². The number of nitrogens with zero attached hydrogens (tertiary/aromatic N) is 1. The number of ether oxygens (including phenoxy) is 2. The van der Waals surface area contributed by atoms with Gasteiger partial charge in [-0.05, 0) is 43.2 Å². The number of methoxy groups -OCH3 is 1. The largest absolute Gasteiger partial charge is 0.497 e. The van der Waals surface area contributed by atoms with E-state index in [2.05, 4.69) is 15.3 Å². The summed E-state index contributed by atoms with van der Waals surface area (Å²) in [5.41, 5.74) is 5.40. The molecule has 0 atom stereocenters. The summed E-state index contributed by atoms with van der Waals surface area (Å²) in [6.07, 6.45) is 3.45. The maximum Gasteiger partial charge on any atom is 0.268 e. The Kier molecular flexibility index (Phi) is 5.13. The van der Waals surface area contributed by atoms with E-state index < -0.39 is 5.60 Å². The smallest absolute Gasteiger partial charge is 0.268 e. The van der Waals surface area contributed by atoms with Gasteiger partial charge in [-0.1, -0.05) is 42.5 Å². The lowest BCUT2D eigenvalue weighted by Crippen LogP contribution is -2.29. The Morgan fingerprint density at radius 2 is 1.85 bits per heavy atom. The molecule has 6 nitrogen and oxygen atoms in total. The van der Waals surface area contributed by atoms with Crippen molar-refractivity contribution in [1.29, 1.82) is 0 Å². The van der Waals surface area contributed by atoms with Crippen molar-refractivity contribution >= 4 is 5.91 Å². The molecule has 33 heavy (non-hydrogen) atoms. The highest BCUT2D eigenvalue weighted by molar-refractivity contribution is 6.03. The van der Waals surface area contributed by atoms with Gasteiger partial charge < -0.3 is 19.8 Å². The van der Waals surface area contributed by atoms with Crippen LogP contribution in [-0.4, -0.2) is 23.0 Å². The summed E-state index contributed by atoms with van der Waals surface area (Å²) >= 11 is 0. The van der Waals surface area contributed by atoms with Gasteiger partial charge in [0.2, 0.25) is 0 Å². The number of pyridine rings is 1. The first-order valence-corrected chi connectivity index (χ1v) is 10.8.